The van der Waals surface area contributed by atoms with Gasteiger partial charge in [0, 0.05) is 59.9 Å². The van der Waals surface area contributed by atoms with Crippen molar-refractivity contribution in [2.45, 2.75) is 20.8 Å². The Morgan fingerprint density at radius 2 is 1.57 bits per heavy atom. The first-order valence-corrected chi connectivity index (χ1v) is 14.4. The van der Waals surface area contributed by atoms with Crippen LogP contribution in [0.15, 0.2) is 48.5 Å². The molecule has 9 nitrogen and oxygen atoms in total. The quantitative estimate of drug-likeness (QED) is 0.161. The van der Waals surface area contributed by atoms with Gasteiger partial charge in [0.2, 0.25) is 0 Å². The van der Waals surface area contributed by atoms with E-state index in [2.05, 4.69) is 46.1 Å². The summed E-state index contributed by atoms with van der Waals surface area (Å²) >= 11 is 13.2. The van der Waals surface area contributed by atoms with Gasteiger partial charge in [-0.2, -0.15) is 5.10 Å². The molecule has 0 spiro atoms. The number of rotatable bonds is 6. The van der Waals surface area contributed by atoms with Crippen LogP contribution in [0.4, 0.5) is 11.5 Å². The number of aromatic amines is 1. The predicted molar refractivity (Wildman–Crippen MR) is 170 cm³/mol. The Morgan fingerprint density at radius 1 is 0.952 bits per heavy atom. The number of benzene rings is 3. The molecule has 220 valence electrons. The van der Waals surface area contributed by atoms with Crippen LogP contribution in [-0.4, -0.2) is 67.2 Å². The Labute approximate surface area is 255 Å². The number of nitrogens with one attached hydrogen (secondary N) is 3. The van der Waals surface area contributed by atoms with Crippen LogP contribution in [0.3, 0.4) is 0 Å². The summed E-state index contributed by atoms with van der Waals surface area (Å²) < 4.78 is 10.8. The summed E-state index contributed by atoms with van der Waals surface area (Å²) in [5.41, 5.74) is 3.43. The van der Waals surface area contributed by atoms with E-state index in [0.717, 1.165) is 42.8 Å². The Kier molecular flexibility index (Phi) is 8.25. The van der Waals surface area contributed by atoms with Gasteiger partial charge in [0.15, 0.2) is 5.82 Å². The van der Waals surface area contributed by atoms with Crippen LogP contribution >= 0.6 is 23.2 Å². The molecule has 0 atom stereocenters. The summed E-state index contributed by atoms with van der Waals surface area (Å²) in [6.07, 6.45) is 0. The first-order valence-electron chi connectivity index (χ1n) is 13.6. The van der Waals surface area contributed by atoms with Gasteiger partial charge in [-0.3, -0.25) is 15.3 Å². The summed E-state index contributed by atoms with van der Waals surface area (Å²) in [4.78, 5) is 17.5. The van der Waals surface area contributed by atoms with Gasteiger partial charge in [-0.25, -0.2) is 0 Å². The molecule has 1 fully saturated rings. The molecule has 0 aliphatic carbocycles. The smallest absolute Gasteiger partial charge is 0.256 e. The first kappa shape index (κ1) is 29.5. The number of carbonyl (C=O) groups excluding carboxylic acids is 1. The zero-order chi connectivity index (χ0) is 30.2. The zero-order valence-electron chi connectivity index (χ0n) is 24.3. The predicted octanol–water partition coefficient (Wildman–Crippen LogP) is 6.95. The van der Waals surface area contributed by atoms with Crippen LogP contribution in [0.25, 0.3) is 22.0 Å². The van der Waals surface area contributed by atoms with E-state index in [-0.39, 0.29) is 11.3 Å². The fourth-order valence-corrected chi connectivity index (χ4v) is 5.79. The van der Waals surface area contributed by atoms with Crippen molar-refractivity contribution in [3.05, 3.63) is 64.1 Å². The highest BCUT2D eigenvalue weighted by molar-refractivity contribution is 6.41. The van der Waals surface area contributed by atoms with Crippen molar-refractivity contribution in [2.24, 2.45) is 5.41 Å². The van der Waals surface area contributed by atoms with Crippen LogP contribution in [0, 0.1) is 10.8 Å². The van der Waals surface area contributed by atoms with Gasteiger partial charge in [-0.05, 0) is 42.0 Å². The van der Waals surface area contributed by atoms with Crippen LogP contribution in [0.5, 0.6) is 11.5 Å². The number of halogens is 2. The van der Waals surface area contributed by atoms with Crippen molar-refractivity contribution < 1.29 is 14.3 Å². The first-order chi connectivity index (χ1) is 20.0. The number of piperazine rings is 1. The summed E-state index contributed by atoms with van der Waals surface area (Å²) in [5.74, 6) is 1.72. The minimum atomic E-state index is -0.258. The maximum absolute atomic E-state index is 13.1. The van der Waals surface area contributed by atoms with Crippen molar-refractivity contribution in [3.63, 3.8) is 0 Å². The van der Waals surface area contributed by atoms with Gasteiger partial charge in [0.25, 0.3) is 5.91 Å². The number of nitrogens with zero attached hydrogens (tertiary/aromatic N) is 3. The fourth-order valence-electron chi connectivity index (χ4n) is 5.08. The molecule has 1 aliphatic rings. The Hall–Kier alpha value is -3.95. The standard InChI is InChI=1S/C31H34Cl2N6O3/c1-31(2,3)30(34)39-14-12-38(13-15-39)20-9-6-18(7-10-20)29(40)35-28-21-11-8-19(16-22(21)36-37-28)25-26(32)23(41-4)17-24(42-5)27(25)33/h6-11,16-17,34H,12-15H2,1-5H3,(H2,35,36,37,40). The molecule has 4 aromatic rings. The largest absolute Gasteiger partial charge is 0.495 e. The third kappa shape index (κ3) is 5.71. The highest BCUT2D eigenvalue weighted by Crippen LogP contribution is 2.46. The van der Waals surface area contributed by atoms with E-state index in [1.54, 1.807) is 6.07 Å². The number of ether oxygens (including phenoxy) is 2. The summed E-state index contributed by atoms with van der Waals surface area (Å²) in [6, 6.07) is 14.8. The number of methoxy groups -OCH3 is 2. The molecule has 0 radical (unpaired) electrons. The van der Waals surface area contributed by atoms with E-state index in [0.29, 0.717) is 49.8 Å². The number of amides is 1. The van der Waals surface area contributed by atoms with Gasteiger partial charge >= 0.3 is 0 Å². The van der Waals surface area contributed by atoms with E-state index >= 15 is 0 Å². The van der Waals surface area contributed by atoms with Crippen molar-refractivity contribution >= 4 is 57.4 Å². The van der Waals surface area contributed by atoms with Crippen LogP contribution in [0.1, 0.15) is 31.1 Å². The van der Waals surface area contributed by atoms with E-state index < -0.39 is 0 Å². The lowest BCUT2D eigenvalue weighted by Gasteiger charge is -2.40. The van der Waals surface area contributed by atoms with Gasteiger partial charge in [-0.15, -0.1) is 0 Å². The van der Waals surface area contributed by atoms with E-state index in [1.807, 2.05) is 42.5 Å². The highest BCUT2D eigenvalue weighted by Gasteiger charge is 2.27. The average molecular weight is 610 g/mol. The van der Waals surface area contributed by atoms with E-state index in [4.69, 9.17) is 38.1 Å². The number of H-pyrrole nitrogens is 1. The van der Waals surface area contributed by atoms with Crippen LogP contribution < -0.4 is 19.7 Å². The number of carbonyl (C=O) groups is 1. The van der Waals surface area contributed by atoms with E-state index in [1.165, 1.54) is 14.2 Å². The van der Waals surface area contributed by atoms with Gasteiger partial charge < -0.3 is 24.6 Å². The summed E-state index contributed by atoms with van der Waals surface area (Å²) in [5, 5.41) is 20.1. The molecule has 1 saturated heterocycles. The molecule has 1 amide bonds. The number of aromatic nitrogens is 2. The lowest BCUT2D eigenvalue weighted by Crippen LogP contribution is -2.51. The number of hydrogen-bond acceptors (Lipinski definition) is 6. The third-order valence-electron chi connectivity index (χ3n) is 7.46. The maximum atomic E-state index is 13.1. The Bertz CT molecular complexity index is 1610. The second-order valence-corrected chi connectivity index (χ2v) is 11.9. The van der Waals surface area contributed by atoms with Crippen molar-refractivity contribution in [2.75, 3.05) is 50.6 Å². The van der Waals surface area contributed by atoms with Crippen LogP contribution in [0.2, 0.25) is 10.0 Å². The van der Waals surface area contributed by atoms with Gasteiger partial charge in [0.1, 0.15) is 17.3 Å². The summed E-state index contributed by atoms with van der Waals surface area (Å²) in [6.45, 7) is 9.46. The van der Waals surface area contributed by atoms with Crippen molar-refractivity contribution in [1.29, 1.82) is 5.41 Å². The molecule has 0 bridgehead atoms. The average Bonchev–Trinajstić information content (AvgIpc) is 3.38. The maximum Gasteiger partial charge on any atom is 0.256 e. The molecule has 0 unspecified atom stereocenters. The summed E-state index contributed by atoms with van der Waals surface area (Å²) in [7, 11) is 3.06. The molecular weight excluding hydrogens is 575 g/mol. The highest BCUT2D eigenvalue weighted by atomic mass is 35.5. The van der Waals surface area contributed by atoms with Gasteiger partial charge in [-0.1, -0.05) is 50.0 Å². The molecule has 2 heterocycles. The second-order valence-electron chi connectivity index (χ2n) is 11.2. The zero-order valence-corrected chi connectivity index (χ0v) is 25.8. The molecule has 5 rings (SSSR count). The monoisotopic (exact) mass is 608 g/mol. The van der Waals surface area contributed by atoms with Gasteiger partial charge in [0.05, 0.1) is 29.8 Å². The minimum Gasteiger partial charge on any atom is -0.495 e. The van der Waals surface area contributed by atoms with Crippen molar-refractivity contribution in [3.8, 4) is 22.6 Å². The Balaban J connectivity index is 1.29. The molecule has 3 aromatic carbocycles. The third-order valence-corrected chi connectivity index (χ3v) is 8.21. The molecule has 0 saturated carbocycles. The lowest BCUT2D eigenvalue weighted by molar-refractivity contribution is 0.102. The van der Waals surface area contributed by atoms with Crippen molar-refractivity contribution in [1.82, 2.24) is 15.1 Å². The number of fused-ring (bicyclic) bond motifs is 1. The minimum absolute atomic E-state index is 0.162. The molecular formula is C31H34Cl2N6O3. The second kappa shape index (κ2) is 11.7. The van der Waals surface area contributed by atoms with Crippen LogP contribution in [-0.2, 0) is 0 Å². The molecule has 11 heteroatoms. The normalized spacial score (nSPS) is 13.8. The van der Waals surface area contributed by atoms with E-state index in [9.17, 15) is 4.79 Å². The Morgan fingerprint density at radius 3 is 2.14 bits per heavy atom. The SMILES string of the molecule is COc1cc(OC)c(Cl)c(-c2ccc3c(NC(=O)c4ccc(N5CCN(C(=N)C(C)(C)C)CC5)cc4)n[nH]c3c2)c1Cl. The fraction of sp³-hybridized carbons (Fsp3) is 0.323. The molecule has 1 aromatic heterocycles. The number of anilines is 2. The molecule has 3 N–H and O–H groups in total. The topological polar surface area (TPSA) is 107 Å². The lowest BCUT2D eigenvalue weighted by atomic mass is 9.93. The molecule has 1 aliphatic heterocycles. The molecule has 42 heavy (non-hydrogen) atoms. The number of hydrogen-bond donors (Lipinski definition) is 3. The number of amidine groups is 1.